The molecule has 0 fully saturated rings. The van der Waals surface area contributed by atoms with E-state index in [-0.39, 0.29) is 17.6 Å². The van der Waals surface area contributed by atoms with Gasteiger partial charge in [0.25, 0.3) is 0 Å². The van der Waals surface area contributed by atoms with E-state index < -0.39 is 0 Å². The molecule has 0 aromatic rings. The van der Waals surface area contributed by atoms with Crippen molar-refractivity contribution in [2.75, 3.05) is 20.2 Å². The first kappa shape index (κ1) is 12.9. The fraction of sp³-hybridized carbons (Fsp3) is 1.00. The average molecular weight is 188 g/mol. The maximum atomic E-state index is 5.98. The normalized spacial score (nSPS) is 17.1. The van der Waals surface area contributed by atoms with Crippen LogP contribution in [0.2, 0.25) is 0 Å². The molecular weight excluding hydrogens is 164 g/mol. The molecule has 0 bridgehead atoms. The summed E-state index contributed by atoms with van der Waals surface area (Å²) in [6.07, 6.45) is 0.257. The molecule has 2 atom stereocenters. The lowest BCUT2D eigenvalue weighted by Gasteiger charge is -2.27. The Hall–Kier alpha value is -0.120. The van der Waals surface area contributed by atoms with Crippen LogP contribution in [0.4, 0.5) is 0 Å². The van der Waals surface area contributed by atoms with Crippen LogP contribution in [0.3, 0.4) is 0 Å². The highest BCUT2D eigenvalue weighted by Crippen LogP contribution is 2.16. The first-order valence-electron chi connectivity index (χ1n) is 4.87. The van der Waals surface area contributed by atoms with Gasteiger partial charge in [0.2, 0.25) is 0 Å². The van der Waals surface area contributed by atoms with Crippen LogP contribution in [0.1, 0.15) is 27.7 Å². The van der Waals surface area contributed by atoms with Crippen LogP contribution in [-0.4, -0.2) is 32.3 Å². The SMILES string of the molecule is COC(C)CNCC(N)C(C)(C)C. The number of rotatable bonds is 5. The van der Waals surface area contributed by atoms with Crippen molar-refractivity contribution >= 4 is 0 Å². The van der Waals surface area contributed by atoms with Crippen molar-refractivity contribution in [3.05, 3.63) is 0 Å². The third-order valence-electron chi connectivity index (χ3n) is 2.31. The van der Waals surface area contributed by atoms with E-state index in [1.54, 1.807) is 7.11 Å². The van der Waals surface area contributed by atoms with Crippen molar-refractivity contribution in [1.29, 1.82) is 0 Å². The van der Waals surface area contributed by atoms with E-state index >= 15 is 0 Å². The molecule has 3 N–H and O–H groups in total. The summed E-state index contributed by atoms with van der Waals surface area (Å²) in [5.41, 5.74) is 6.15. The number of ether oxygens (including phenoxy) is 1. The van der Waals surface area contributed by atoms with Gasteiger partial charge < -0.3 is 15.8 Å². The van der Waals surface area contributed by atoms with E-state index in [0.717, 1.165) is 13.1 Å². The Balaban J connectivity index is 3.54. The molecule has 0 saturated heterocycles. The first-order chi connectivity index (χ1) is 5.88. The molecule has 0 heterocycles. The van der Waals surface area contributed by atoms with Crippen LogP contribution in [-0.2, 0) is 4.74 Å². The fourth-order valence-corrected chi connectivity index (χ4v) is 0.832. The van der Waals surface area contributed by atoms with Gasteiger partial charge in [-0.25, -0.2) is 0 Å². The molecule has 0 amide bonds. The van der Waals surface area contributed by atoms with Gasteiger partial charge in [0.15, 0.2) is 0 Å². The second-order valence-electron chi connectivity index (χ2n) is 4.68. The van der Waals surface area contributed by atoms with Crippen molar-refractivity contribution in [3.63, 3.8) is 0 Å². The molecule has 3 nitrogen and oxygen atoms in total. The summed E-state index contributed by atoms with van der Waals surface area (Å²) < 4.78 is 5.11. The number of nitrogens with one attached hydrogen (secondary N) is 1. The fourth-order valence-electron chi connectivity index (χ4n) is 0.832. The van der Waals surface area contributed by atoms with Crippen LogP contribution < -0.4 is 11.1 Å². The van der Waals surface area contributed by atoms with E-state index in [1.165, 1.54) is 0 Å². The Bertz CT molecular complexity index is 131. The van der Waals surface area contributed by atoms with Gasteiger partial charge in [0.1, 0.15) is 0 Å². The van der Waals surface area contributed by atoms with Crippen molar-refractivity contribution in [2.45, 2.75) is 39.8 Å². The maximum Gasteiger partial charge on any atom is 0.0667 e. The van der Waals surface area contributed by atoms with Crippen LogP contribution in [0.25, 0.3) is 0 Å². The molecule has 80 valence electrons. The monoisotopic (exact) mass is 188 g/mol. The lowest BCUT2D eigenvalue weighted by molar-refractivity contribution is 0.115. The lowest BCUT2D eigenvalue weighted by atomic mass is 9.87. The van der Waals surface area contributed by atoms with E-state index in [9.17, 15) is 0 Å². The topological polar surface area (TPSA) is 47.3 Å². The molecule has 0 radical (unpaired) electrons. The third-order valence-corrected chi connectivity index (χ3v) is 2.31. The molecule has 3 heteroatoms. The van der Waals surface area contributed by atoms with Gasteiger partial charge in [0.05, 0.1) is 6.10 Å². The minimum absolute atomic E-state index is 0.170. The second-order valence-corrected chi connectivity index (χ2v) is 4.68. The lowest BCUT2D eigenvalue weighted by Crippen LogP contribution is -2.45. The third kappa shape index (κ3) is 6.02. The molecule has 0 aromatic carbocycles. The van der Waals surface area contributed by atoms with Crippen molar-refractivity contribution < 1.29 is 4.74 Å². The highest BCUT2D eigenvalue weighted by Gasteiger charge is 2.19. The molecule has 0 aliphatic rings. The summed E-state index contributed by atoms with van der Waals surface area (Å²) >= 11 is 0. The van der Waals surface area contributed by atoms with Crippen molar-refractivity contribution in [2.24, 2.45) is 11.1 Å². The highest BCUT2D eigenvalue weighted by molar-refractivity contribution is 4.78. The zero-order chi connectivity index (χ0) is 10.5. The summed E-state index contributed by atoms with van der Waals surface area (Å²) in [5.74, 6) is 0. The largest absolute Gasteiger partial charge is 0.380 e. The maximum absolute atomic E-state index is 5.98. The standard InChI is InChI=1S/C10H24N2O/c1-8(13-5)6-12-7-9(11)10(2,3)4/h8-9,12H,6-7,11H2,1-5H3. The summed E-state index contributed by atoms with van der Waals surface area (Å²) in [5, 5.41) is 3.29. The predicted octanol–water partition coefficient (Wildman–Crippen LogP) is 0.984. The summed E-state index contributed by atoms with van der Waals surface area (Å²) in [6.45, 7) is 10.2. The Morgan fingerprint density at radius 1 is 1.31 bits per heavy atom. The first-order valence-corrected chi connectivity index (χ1v) is 4.87. The minimum atomic E-state index is 0.170. The van der Waals surface area contributed by atoms with Gasteiger partial charge in [-0.2, -0.15) is 0 Å². The Morgan fingerprint density at radius 2 is 1.85 bits per heavy atom. The molecule has 0 rings (SSSR count). The Kier molecular flexibility index (Phi) is 5.53. The van der Waals surface area contributed by atoms with Gasteiger partial charge in [-0.05, 0) is 12.3 Å². The molecule has 2 unspecified atom stereocenters. The second kappa shape index (κ2) is 5.58. The summed E-state index contributed by atoms with van der Waals surface area (Å²) in [4.78, 5) is 0. The summed E-state index contributed by atoms with van der Waals surface area (Å²) in [7, 11) is 1.72. The van der Waals surface area contributed by atoms with Gasteiger partial charge in [-0.3, -0.25) is 0 Å². The molecule has 0 saturated carbocycles. The molecule has 0 aromatic heterocycles. The smallest absolute Gasteiger partial charge is 0.0667 e. The van der Waals surface area contributed by atoms with Gasteiger partial charge in [-0.1, -0.05) is 20.8 Å². The van der Waals surface area contributed by atoms with Crippen LogP contribution >= 0.6 is 0 Å². The van der Waals surface area contributed by atoms with E-state index in [0.29, 0.717) is 0 Å². The molecule has 0 aliphatic heterocycles. The van der Waals surface area contributed by atoms with Crippen molar-refractivity contribution in [1.82, 2.24) is 5.32 Å². The quantitative estimate of drug-likeness (QED) is 0.676. The van der Waals surface area contributed by atoms with Crippen LogP contribution in [0.15, 0.2) is 0 Å². The van der Waals surface area contributed by atoms with Gasteiger partial charge >= 0.3 is 0 Å². The van der Waals surface area contributed by atoms with E-state index in [4.69, 9.17) is 10.5 Å². The zero-order valence-corrected chi connectivity index (χ0v) is 9.55. The van der Waals surface area contributed by atoms with E-state index in [1.807, 2.05) is 6.92 Å². The number of hydrogen-bond acceptors (Lipinski definition) is 3. The Labute approximate surface area is 82.0 Å². The highest BCUT2D eigenvalue weighted by atomic mass is 16.5. The van der Waals surface area contributed by atoms with Gasteiger partial charge in [0, 0.05) is 26.2 Å². The van der Waals surface area contributed by atoms with E-state index in [2.05, 4.69) is 26.1 Å². The predicted molar refractivity (Wildman–Crippen MR) is 56.8 cm³/mol. The van der Waals surface area contributed by atoms with Gasteiger partial charge in [-0.15, -0.1) is 0 Å². The van der Waals surface area contributed by atoms with Crippen LogP contribution in [0.5, 0.6) is 0 Å². The number of methoxy groups -OCH3 is 1. The molecule has 0 spiro atoms. The Morgan fingerprint density at radius 3 is 2.23 bits per heavy atom. The van der Waals surface area contributed by atoms with Crippen molar-refractivity contribution in [3.8, 4) is 0 Å². The number of hydrogen-bond donors (Lipinski definition) is 2. The molecule has 13 heavy (non-hydrogen) atoms. The number of nitrogens with two attached hydrogens (primary N) is 1. The van der Waals surface area contributed by atoms with Crippen LogP contribution in [0, 0.1) is 5.41 Å². The minimum Gasteiger partial charge on any atom is -0.380 e. The molecule has 0 aliphatic carbocycles. The zero-order valence-electron chi connectivity index (χ0n) is 9.55. The summed E-state index contributed by atoms with van der Waals surface area (Å²) in [6, 6.07) is 0.191. The molecular formula is C10H24N2O. The average Bonchev–Trinajstić information content (AvgIpc) is 2.02.